The second kappa shape index (κ2) is 11.6. The van der Waals surface area contributed by atoms with Crippen LogP contribution in [0.25, 0.3) is 0 Å². The Morgan fingerprint density at radius 2 is 1.62 bits per heavy atom. The molecule has 0 bridgehead atoms. The summed E-state index contributed by atoms with van der Waals surface area (Å²) in [5.41, 5.74) is 16.5. The number of aliphatic hydroxyl groups is 1. The second-order valence-corrected chi connectivity index (χ2v) is 8.35. The van der Waals surface area contributed by atoms with Gasteiger partial charge in [0.15, 0.2) is 5.96 Å². The number of nitrogens with one attached hydrogen (secondary N) is 4. The number of carbonyl (C=O) groups is 2. The van der Waals surface area contributed by atoms with Gasteiger partial charge < -0.3 is 21.9 Å². The van der Waals surface area contributed by atoms with Gasteiger partial charge in [0, 0.05) is 6.54 Å². The number of aliphatic imine (C=N–C) groups is 1. The number of guanidine groups is 1. The van der Waals surface area contributed by atoms with E-state index in [1.807, 2.05) is 0 Å². The molecule has 2 rings (SSSR count). The van der Waals surface area contributed by atoms with Crippen molar-refractivity contribution in [3.05, 3.63) is 65.7 Å². The van der Waals surface area contributed by atoms with Crippen molar-refractivity contribution in [2.24, 2.45) is 16.5 Å². The molecule has 0 saturated heterocycles. The first kappa shape index (κ1) is 24.6. The minimum atomic E-state index is -3.91. The summed E-state index contributed by atoms with van der Waals surface area (Å²) in [5, 5.41) is 11.9. The van der Waals surface area contributed by atoms with Crippen LogP contribution in [0, 0.1) is 0 Å². The molecule has 12 nitrogen and oxygen atoms in total. The van der Waals surface area contributed by atoms with Crippen LogP contribution < -0.4 is 32.4 Å². The van der Waals surface area contributed by atoms with E-state index in [0.717, 1.165) is 5.56 Å². The van der Waals surface area contributed by atoms with Crippen molar-refractivity contribution in [1.82, 2.24) is 20.9 Å². The lowest BCUT2D eigenvalue weighted by molar-refractivity contribution is -0.124. The van der Waals surface area contributed by atoms with Crippen LogP contribution in [-0.2, 0) is 27.1 Å². The van der Waals surface area contributed by atoms with Crippen LogP contribution in [0.1, 0.15) is 11.1 Å². The number of sulfonamides is 1. The fourth-order valence-electron chi connectivity index (χ4n) is 2.50. The lowest BCUT2D eigenvalue weighted by Crippen LogP contribution is -2.55. The van der Waals surface area contributed by atoms with Crippen LogP contribution in [0.15, 0.2) is 59.6 Å². The van der Waals surface area contributed by atoms with Gasteiger partial charge in [0.2, 0.25) is 10.0 Å². The van der Waals surface area contributed by atoms with Crippen molar-refractivity contribution in [3.63, 3.8) is 0 Å². The maximum absolute atomic E-state index is 12.2. The number of carbonyl (C=O) groups excluding carboxylic acids is 2. The van der Waals surface area contributed by atoms with Crippen LogP contribution in [0.2, 0.25) is 0 Å². The van der Waals surface area contributed by atoms with Gasteiger partial charge in [-0.05, 0) is 23.3 Å². The monoisotopic (exact) mass is 463 g/mol. The Hall–Kier alpha value is -3.68. The summed E-state index contributed by atoms with van der Waals surface area (Å²) in [7, 11) is -3.91. The highest BCUT2D eigenvalue weighted by Gasteiger charge is 2.24. The first-order chi connectivity index (χ1) is 15.2. The van der Waals surface area contributed by atoms with E-state index in [4.69, 9.17) is 11.5 Å². The van der Waals surface area contributed by atoms with Crippen molar-refractivity contribution in [3.8, 4) is 0 Å². The molecule has 172 valence electrons. The molecule has 0 aromatic heterocycles. The average molecular weight is 464 g/mol. The quantitative estimate of drug-likeness (QED) is 0.139. The largest absolute Gasteiger partial charge is 0.394 e. The first-order valence-corrected chi connectivity index (χ1v) is 11.0. The summed E-state index contributed by atoms with van der Waals surface area (Å²) < 4.78 is 26.6. The minimum Gasteiger partial charge on any atom is -0.394 e. The highest BCUT2D eigenvalue weighted by Crippen LogP contribution is 2.12. The van der Waals surface area contributed by atoms with Crippen LogP contribution in [0.4, 0.5) is 10.5 Å². The molecule has 1 atom stereocenters. The number of nitrogens with zero attached hydrogens (tertiary/aromatic N) is 1. The SMILES string of the molecule is NC(N)=Nc1ccc(CNC(=O)NNC(=O)[C@H](CO)NS(=O)(=O)Cc2ccccc2)cc1. The standard InChI is InChI=1S/C19H25N7O5S/c20-18(21)23-15-8-6-13(7-9-15)10-22-19(29)25-24-17(28)16(11-27)26-32(30,31)12-14-4-2-1-3-5-14/h1-9,16,26-27H,10-12H2,(H,24,28)(H4,20,21,23)(H2,22,25,29)/t16-/m0/s1. The zero-order valence-corrected chi connectivity index (χ0v) is 17.8. The van der Waals surface area contributed by atoms with Crippen LogP contribution in [0.3, 0.4) is 0 Å². The second-order valence-electron chi connectivity index (χ2n) is 6.60. The Morgan fingerprint density at radius 3 is 2.22 bits per heavy atom. The summed E-state index contributed by atoms with van der Waals surface area (Å²) in [6.45, 7) is -0.664. The fraction of sp³-hybridized carbons (Fsp3) is 0.211. The third-order valence-electron chi connectivity index (χ3n) is 3.97. The third kappa shape index (κ3) is 8.59. The zero-order chi connectivity index (χ0) is 23.6. The molecule has 0 heterocycles. The predicted octanol–water partition coefficient (Wildman–Crippen LogP) is -1.10. The molecule has 3 amide bonds. The van der Waals surface area contributed by atoms with E-state index < -0.39 is 34.6 Å². The maximum Gasteiger partial charge on any atom is 0.333 e. The van der Waals surface area contributed by atoms with Gasteiger partial charge in [-0.25, -0.2) is 28.4 Å². The van der Waals surface area contributed by atoms with Gasteiger partial charge in [0.1, 0.15) is 6.04 Å². The fourth-order valence-corrected chi connectivity index (χ4v) is 3.82. The van der Waals surface area contributed by atoms with Gasteiger partial charge in [0.05, 0.1) is 18.0 Å². The molecule has 0 unspecified atom stereocenters. The van der Waals surface area contributed by atoms with E-state index in [1.165, 1.54) is 0 Å². The molecule has 0 aliphatic heterocycles. The van der Waals surface area contributed by atoms with Gasteiger partial charge in [-0.1, -0.05) is 42.5 Å². The number of urea groups is 1. The lowest BCUT2D eigenvalue weighted by Gasteiger charge is -2.17. The van der Waals surface area contributed by atoms with E-state index in [0.29, 0.717) is 11.3 Å². The Morgan fingerprint density at radius 1 is 0.969 bits per heavy atom. The van der Waals surface area contributed by atoms with E-state index in [1.54, 1.807) is 54.6 Å². The number of aliphatic hydroxyl groups excluding tert-OH is 1. The smallest absolute Gasteiger partial charge is 0.333 e. The number of amides is 3. The van der Waals surface area contributed by atoms with Crippen molar-refractivity contribution < 1.29 is 23.1 Å². The molecule has 0 saturated carbocycles. The summed E-state index contributed by atoms with van der Waals surface area (Å²) in [5.74, 6) is -1.37. The molecule has 0 radical (unpaired) electrons. The van der Waals surface area contributed by atoms with Crippen molar-refractivity contribution in [2.75, 3.05) is 6.61 Å². The molecule has 2 aromatic carbocycles. The average Bonchev–Trinajstić information content (AvgIpc) is 2.75. The third-order valence-corrected chi connectivity index (χ3v) is 5.32. The van der Waals surface area contributed by atoms with E-state index >= 15 is 0 Å². The van der Waals surface area contributed by atoms with E-state index in [-0.39, 0.29) is 18.3 Å². The number of hydrogen-bond donors (Lipinski definition) is 7. The number of nitrogens with two attached hydrogens (primary N) is 2. The van der Waals surface area contributed by atoms with Crippen molar-refractivity contribution in [2.45, 2.75) is 18.3 Å². The molecule has 13 heteroatoms. The summed E-state index contributed by atoms with van der Waals surface area (Å²) in [6.07, 6.45) is 0. The summed E-state index contributed by atoms with van der Waals surface area (Å²) in [4.78, 5) is 27.9. The van der Waals surface area contributed by atoms with Gasteiger partial charge in [0.25, 0.3) is 5.91 Å². The van der Waals surface area contributed by atoms with Gasteiger partial charge >= 0.3 is 6.03 Å². The van der Waals surface area contributed by atoms with Gasteiger partial charge in [-0.2, -0.15) is 0 Å². The predicted molar refractivity (Wildman–Crippen MR) is 119 cm³/mol. The number of rotatable bonds is 9. The zero-order valence-electron chi connectivity index (χ0n) is 17.0. The molecular formula is C19H25N7O5S. The van der Waals surface area contributed by atoms with Gasteiger partial charge in [-0.3, -0.25) is 10.2 Å². The van der Waals surface area contributed by atoms with Crippen molar-refractivity contribution in [1.29, 1.82) is 0 Å². The minimum absolute atomic E-state index is 0.0745. The highest BCUT2D eigenvalue weighted by molar-refractivity contribution is 7.88. The Balaban J connectivity index is 1.80. The molecule has 0 spiro atoms. The maximum atomic E-state index is 12.2. The number of benzene rings is 2. The van der Waals surface area contributed by atoms with E-state index in [2.05, 4.69) is 25.9 Å². The Kier molecular flexibility index (Phi) is 8.95. The molecule has 0 aliphatic rings. The topological polar surface area (TPSA) is 201 Å². The molecule has 2 aromatic rings. The molecule has 9 N–H and O–H groups in total. The molecular weight excluding hydrogens is 438 g/mol. The van der Waals surface area contributed by atoms with Crippen LogP contribution in [0.5, 0.6) is 0 Å². The molecule has 0 aliphatic carbocycles. The normalized spacial score (nSPS) is 11.8. The van der Waals surface area contributed by atoms with Crippen molar-refractivity contribution >= 4 is 33.6 Å². The van der Waals surface area contributed by atoms with Gasteiger partial charge in [-0.15, -0.1) is 0 Å². The Labute approximate surface area is 185 Å². The Bertz CT molecular complexity index is 1040. The molecule has 32 heavy (non-hydrogen) atoms. The van der Waals surface area contributed by atoms with E-state index in [9.17, 15) is 23.1 Å². The first-order valence-electron chi connectivity index (χ1n) is 9.35. The van der Waals surface area contributed by atoms with Crippen LogP contribution in [-0.4, -0.2) is 44.1 Å². The lowest BCUT2D eigenvalue weighted by atomic mass is 10.2. The number of hydrazine groups is 1. The highest BCUT2D eigenvalue weighted by atomic mass is 32.2. The summed E-state index contributed by atoms with van der Waals surface area (Å²) >= 11 is 0. The molecule has 0 fully saturated rings. The number of hydrogen-bond acceptors (Lipinski definition) is 6. The van der Waals surface area contributed by atoms with Crippen LogP contribution >= 0.6 is 0 Å². The summed E-state index contributed by atoms with van der Waals surface area (Å²) in [6, 6.07) is 12.8.